The average Bonchev–Trinajstić information content (AvgIpc) is 3.15. The van der Waals surface area contributed by atoms with Crippen molar-refractivity contribution in [3.63, 3.8) is 0 Å². The molecule has 0 saturated heterocycles. The van der Waals surface area contributed by atoms with Crippen LogP contribution in [0.2, 0.25) is 0 Å². The summed E-state index contributed by atoms with van der Waals surface area (Å²) in [6.07, 6.45) is -1.43. The van der Waals surface area contributed by atoms with Crippen LogP contribution < -0.4 is 5.32 Å². The first-order chi connectivity index (χ1) is 16.5. The quantitative estimate of drug-likeness (QED) is 0.406. The molecule has 1 atom stereocenters. The normalized spacial score (nSPS) is 13.0. The third-order valence-corrected chi connectivity index (χ3v) is 5.75. The predicted octanol–water partition coefficient (Wildman–Crippen LogP) is 2.23. The molecule has 2 aromatic carbocycles. The van der Waals surface area contributed by atoms with E-state index in [0.29, 0.717) is 6.54 Å². The molecule has 9 nitrogen and oxygen atoms in total. The molecule has 34 heavy (non-hydrogen) atoms. The number of aliphatic hydroxyl groups excluding tert-OH is 1. The molecule has 0 heterocycles. The van der Waals surface area contributed by atoms with Crippen molar-refractivity contribution in [2.75, 3.05) is 39.5 Å². The first-order valence-corrected chi connectivity index (χ1v) is 11.3. The van der Waals surface area contributed by atoms with Crippen molar-refractivity contribution in [2.24, 2.45) is 0 Å². The number of aliphatic carboxylic acids is 1. The number of hydrogen-bond donors (Lipinski definition) is 3. The lowest BCUT2D eigenvalue weighted by atomic mass is 9.98. The van der Waals surface area contributed by atoms with Gasteiger partial charge in [0.15, 0.2) is 0 Å². The number of carboxylic acids is 1. The number of nitrogens with zero attached hydrogens (tertiary/aromatic N) is 1. The first-order valence-electron chi connectivity index (χ1n) is 11.3. The van der Waals surface area contributed by atoms with E-state index in [4.69, 9.17) is 14.6 Å². The fourth-order valence-corrected chi connectivity index (χ4v) is 4.14. The summed E-state index contributed by atoms with van der Waals surface area (Å²) in [5, 5.41) is 20.5. The molecule has 3 rings (SSSR count). The van der Waals surface area contributed by atoms with Crippen LogP contribution >= 0.6 is 0 Å². The monoisotopic (exact) mass is 470 g/mol. The fourth-order valence-electron chi connectivity index (χ4n) is 4.14. The Morgan fingerprint density at radius 3 is 2.21 bits per heavy atom. The lowest BCUT2D eigenvalue weighted by molar-refractivity contribution is -0.142. The van der Waals surface area contributed by atoms with Gasteiger partial charge in [-0.25, -0.2) is 4.79 Å². The van der Waals surface area contributed by atoms with E-state index in [2.05, 4.69) is 5.32 Å². The van der Waals surface area contributed by atoms with Gasteiger partial charge in [-0.1, -0.05) is 48.5 Å². The minimum absolute atomic E-state index is 0.0559. The van der Waals surface area contributed by atoms with Crippen molar-refractivity contribution in [3.05, 3.63) is 59.7 Å². The Morgan fingerprint density at radius 1 is 1.03 bits per heavy atom. The van der Waals surface area contributed by atoms with E-state index < -0.39 is 30.4 Å². The van der Waals surface area contributed by atoms with Gasteiger partial charge in [-0.3, -0.25) is 9.59 Å². The van der Waals surface area contributed by atoms with Crippen LogP contribution in [0.5, 0.6) is 0 Å². The van der Waals surface area contributed by atoms with E-state index in [1.165, 1.54) is 4.90 Å². The maximum absolute atomic E-state index is 12.9. The maximum Gasteiger partial charge on any atom is 0.407 e. The van der Waals surface area contributed by atoms with E-state index >= 15 is 0 Å². The van der Waals surface area contributed by atoms with Gasteiger partial charge in [0.25, 0.3) is 0 Å². The molecule has 0 bridgehead atoms. The van der Waals surface area contributed by atoms with Crippen LogP contribution in [0.1, 0.15) is 30.4 Å². The Bertz CT molecular complexity index is 965. The molecule has 0 aliphatic heterocycles. The molecule has 1 unspecified atom stereocenters. The molecule has 2 aromatic rings. The second kappa shape index (κ2) is 12.2. The summed E-state index contributed by atoms with van der Waals surface area (Å²) in [6.45, 7) is 2.51. The summed E-state index contributed by atoms with van der Waals surface area (Å²) in [7, 11) is 0. The second-order valence-corrected chi connectivity index (χ2v) is 7.87. The highest BCUT2D eigenvalue weighted by Crippen LogP contribution is 2.44. The topological polar surface area (TPSA) is 125 Å². The molecule has 0 aromatic heterocycles. The fraction of sp³-hybridized carbons (Fsp3) is 0.400. The number of aliphatic hydroxyl groups is 1. The van der Waals surface area contributed by atoms with Gasteiger partial charge < -0.3 is 29.9 Å². The molecule has 0 spiro atoms. The van der Waals surface area contributed by atoms with Crippen molar-refractivity contribution in [3.8, 4) is 11.1 Å². The van der Waals surface area contributed by atoms with Gasteiger partial charge in [0.1, 0.15) is 12.6 Å². The van der Waals surface area contributed by atoms with Crippen molar-refractivity contribution in [2.45, 2.75) is 25.3 Å². The molecule has 2 amide bonds. The van der Waals surface area contributed by atoms with Crippen LogP contribution in [-0.2, 0) is 19.1 Å². The standard InChI is InChI=1S/C25H30N2O7/c1-2-27(11-13-33-14-12-28)24(31)22(15-23(29)30)26-25(32)34-16-21-19-9-5-3-7-17(19)18-8-4-6-10-20(18)21/h3-10,21-22,28H,2,11-16H2,1H3,(H,26,32)(H,29,30). The Balaban J connectivity index is 1.64. The summed E-state index contributed by atoms with van der Waals surface area (Å²) >= 11 is 0. The van der Waals surface area contributed by atoms with Crippen LogP contribution in [0, 0.1) is 0 Å². The van der Waals surface area contributed by atoms with E-state index in [1.807, 2.05) is 48.5 Å². The average molecular weight is 471 g/mol. The smallest absolute Gasteiger partial charge is 0.407 e. The van der Waals surface area contributed by atoms with E-state index in [-0.39, 0.29) is 38.9 Å². The van der Waals surface area contributed by atoms with Crippen LogP contribution in [0.4, 0.5) is 4.79 Å². The predicted molar refractivity (Wildman–Crippen MR) is 124 cm³/mol. The molecular weight excluding hydrogens is 440 g/mol. The Kier molecular flexibility index (Phi) is 9.00. The number of carbonyl (C=O) groups excluding carboxylic acids is 2. The zero-order chi connectivity index (χ0) is 24.5. The second-order valence-electron chi connectivity index (χ2n) is 7.87. The van der Waals surface area contributed by atoms with Crippen LogP contribution in [0.3, 0.4) is 0 Å². The molecule has 9 heteroatoms. The van der Waals surface area contributed by atoms with E-state index in [9.17, 15) is 19.5 Å². The summed E-state index contributed by atoms with van der Waals surface area (Å²) in [5.74, 6) is -1.90. The minimum Gasteiger partial charge on any atom is -0.481 e. The van der Waals surface area contributed by atoms with Gasteiger partial charge in [0.05, 0.1) is 26.2 Å². The highest BCUT2D eigenvalue weighted by atomic mass is 16.5. The SMILES string of the molecule is CCN(CCOCCO)C(=O)C(CC(=O)O)NC(=O)OCC1c2ccccc2-c2ccccc21. The van der Waals surface area contributed by atoms with Gasteiger partial charge in [0, 0.05) is 19.0 Å². The summed E-state index contributed by atoms with van der Waals surface area (Å²) in [5.41, 5.74) is 4.28. The molecule has 0 radical (unpaired) electrons. The number of hydrogen-bond acceptors (Lipinski definition) is 6. The lowest BCUT2D eigenvalue weighted by Crippen LogP contribution is -2.50. The van der Waals surface area contributed by atoms with Crippen LogP contribution in [0.25, 0.3) is 11.1 Å². The Hall–Kier alpha value is -3.43. The number of likely N-dealkylation sites (N-methyl/N-ethyl adjacent to an activating group) is 1. The Morgan fingerprint density at radius 2 is 1.65 bits per heavy atom. The summed E-state index contributed by atoms with van der Waals surface area (Å²) < 4.78 is 10.7. The molecular formula is C25H30N2O7. The number of carboxylic acid groups (broad SMARTS) is 1. The van der Waals surface area contributed by atoms with Crippen molar-refractivity contribution in [1.82, 2.24) is 10.2 Å². The van der Waals surface area contributed by atoms with Gasteiger partial charge in [-0.15, -0.1) is 0 Å². The third kappa shape index (κ3) is 6.12. The number of carbonyl (C=O) groups is 3. The number of benzene rings is 2. The Labute approximate surface area is 198 Å². The number of nitrogens with one attached hydrogen (secondary N) is 1. The highest BCUT2D eigenvalue weighted by Gasteiger charge is 2.31. The maximum atomic E-state index is 12.9. The minimum atomic E-state index is -1.27. The summed E-state index contributed by atoms with van der Waals surface area (Å²) in [4.78, 5) is 38.2. The van der Waals surface area contributed by atoms with Gasteiger partial charge in [-0.2, -0.15) is 0 Å². The van der Waals surface area contributed by atoms with E-state index in [1.54, 1.807) is 6.92 Å². The third-order valence-electron chi connectivity index (χ3n) is 5.75. The van der Waals surface area contributed by atoms with Crippen LogP contribution in [0.15, 0.2) is 48.5 Å². The lowest BCUT2D eigenvalue weighted by Gasteiger charge is -2.26. The highest BCUT2D eigenvalue weighted by molar-refractivity contribution is 5.89. The molecule has 1 aliphatic rings. The molecule has 182 valence electrons. The molecule has 3 N–H and O–H groups in total. The largest absolute Gasteiger partial charge is 0.481 e. The van der Waals surface area contributed by atoms with Crippen LogP contribution in [-0.4, -0.2) is 78.6 Å². The number of amides is 2. The molecule has 0 saturated carbocycles. The van der Waals surface area contributed by atoms with Crippen molar-refractivity contribution >= 4 is 18.0 Å². The first kappa shape index (κ1) is 25.2. The zero-order valence-electron chi connectivity index (χ0n) is 19.1. The number of ether oxygens (including phenoxy) is 2. The van der Waals surface area contributed by atoms with Crippen molar-refractivity contribution in [1.29, 1.82) is 0 Å². The zero-order valence-corrected chi connectivity index (χ0v) is 19.1. The number of rotatable bonds is 12. The molecule has 0 fully saturated rings. The number of fused-ring (bicyclic) bond motifs is 3. The van der Waals surface area contributed by atoms with Gasteiger partial charge >= 0.3 is 12.1 Å². The van der Waals surface area contributed by atoms with Crippen molar-refractivity contribution < 1.29 is 34.1 Å². The number of alkyl carbamates (subject to hydrolysis) is 1. The van der Waals surface area contributed by atoms with Gasteiger partial charge in [-0.05, 0) is 29.2 Å². The summed E-state index contributed by atoms with van der Waals surface area (Å²) in [6, 6.07) is 14.6. The molecule has 1 aliphatic carbocycles. The van der Waals surface area contributed by atoms with Gasteiger partial charge in [0.2, 0.25) is 5.91 Å². The van der Waals surface area contributed by atoms with E-state index in [0.717, 1.165) is 22.3 Å².